The van der Waals surface area contributed by atoms with E-state index in [-0.39, 0.29) is 10.7 Å². The number of benzene rings is 2. The molecule has 1 aliphatic heterocycles. The molecule has 0 spiro atoms. The van der Waals surface area contributed by atoms with E-state index in [0.717, 1.165) is 42.7 Å². The summed E-state index contributed by atoms with van der Waals surface area (Å²) in [6.07, 6.45) is 1.63. The van der Waals surface area contributed by atoms with Crippen LogP contribution >= 0.6 is 44.1 Å². The highest BCUT2D eigenvalue weighted by molar-refractivity contribution is 9.10. The largest absolute Gasteiger partial charge is 0.317 e. The highest BCUT2D eigenvalue weighted by Crippen LogP contribution is 2.34. The minimum Gasteiger partial charge on any atom is -0.317 e. The molecule has 2 amide bonds. The third-order valence-electron chi connectivity index (χ3n) is 5.84. The molecule has 0 unspecified atom stereocenters. The predicted molar refractivity (Wildman–Crippen MR) is 143 cm³/mol. The molecule has 3 aromatic rings. The Labute approximate surface area is 214 Å². The van der Waals surface area contributed by atoms with Gasteiger partial charge in [-0.3, -0.25) is 19.8 Å². The Balaban J connectivity index is 1.81. The smallest absolute Gasteiger partial charge is 0.270 e. The van der Waals surface area contributed by atoms with Gasteiger partial charge < -0.3 is 4.57 Å². The summed E-state index contributed by atoms with van der Waals surface area (Å²) >= 11 is 12.5. The molecule has 168 valence electrons. The maximum Gasteiger partial charge on any atom is 0.270 e. The summed E-state index contributed by atoms with van der Waals surface area (Å²) in [4.78, 5) is 27.6. The second-order valence-corrected chi connectivity index (χ2v) is 10.0. The van der Waals surface area contributed by atoms with E-state index in [4.69, 9.17) is 12.2 Å². The molecule has 2 aromatic carbocycles. The highest BCUT2D eigenvalue weighted by Gasteiger charge is 2.35. The fourth-order valence-corrected chi connectivity index (χ4v) is 4.99. The number of aromatic nitrogens is 1. The van der Waals surface area contributed by atoms with Crippen LogP contribution in [0.15, 0.2) is 57.0 Å². The number of amides is 2. The number of halogens is 2. The van der Waals surface area contributed by atoms with Gasteiger partial charge in [0.15, 0.2) is 5.11 Å². The fourth-order valence-electron chi connectivity index (χ4n) is 3.87. The molecule has 1 N–H and O–H groups in total. The first-order chi connectivity index (χ1) is 15.6. The lowest BCUT2D eigenvalue weighted by Crippen LogP contribution is -2.54. The number of hydrogen-bond donors (Lipinski definition) is 1. The molecule has 0 aliphatic carbocycles. The first-order valence-electron chi connectivity index (χ1n) is 10.2. The van der Waals surface area contributed by atoms with Gasteiger partial charge in [-0.25, -0.2) is 0 Å². The van der Waals surface area contributed by atoms with Crippen molar-refractivity contribution in [3.8, 4) is 5.69 Å². The van der Waals surface area contributed by atoms with Crippen molar-refractivity contribution < 1.29 is 9.59 Å². The van der Waals surface area contributed by atoms with Crippen molar-refractivity contribution in [2.24, 2.45) is 0 Å². The van der Waals surface area contributed by atoms with Gasteiger partial charge in [0.2, 0.25) is 0 Å². The minimum atomic E-state index is -0.509. The van der Waals surface area contributed by atoms with Gasteiger partial charge in [0.05, 0.1) is 5.69 Å². The average molecular weight is 587 g/mol. The summed E-state index contributed by atoms with van der Waals surface area (Å²) in [5.74, 6) is -0.960. The van der Waals surface area contributed by atoms with E-state index in [1.807, 2.05) is 70.2 Å². The molecule has 33 heavy (non-hydrogen) atoms. The van der Waals surface area contributed by atoms with E-state index in [1.54, 1.807) is 6.08 Å². The summed E-state index contributed by atoms with van der Waals surface area (Å²) in [7, 11) is 0. The monoisotopic (exact) mass is 585 g/mol. The summed E-state index contributed by atoms with van der Waals surface area (Å²) in [6, 6.07) is 13.6. The van der Waals surface area contributed by atoms with Crippen LogP contribution in [-0.2, 0) is 9.59 Å². The number of nitrogens with zero attached hydrogens (tertiary/aromatic N) is 2. The van der Waals surface area contributed by atoms with Crippen LogP contribution in [0.3, 0.4) is 0 Å². The number of carbonyl (C=O) groups is 2. The lowest BCUT2D eigenvalue weighted by molar-refractivity contribution is -0.122. The zero-order valence-electron chi connectivity index (χ0n) is 18.5. The molecule has 0 bridgehead atoms. The Morgan fingerprint density at radius 1 is 0.879 bits per heavy atom. The van der Waals surface area contributed by atoms with Crippen LogP contribution in [0, 0.1) is 27.7 Å². The Morgan fingerprint density at radius 2 is 1.52 bits per heavy atom. The van der Waals surface area contributed by atoms with Gasteiger partial charge in [-0.05, 0) is 109 Å². The van der Waals surface area contributed by atoms with Gasteiger partial charge in [-0.1, -0.05) is 22.0 Å². The van der Waals surface area contributed by atoms with Crippen LogP contribution in [0.2, 0.25) is 0 Å². The van der Waals surface area contributed by atoms with Crippen molar-refractivity contribution in [3.05, 3.63) is 85.1 Å². The number of nitrogens with one attached hydrogen (secondary N) is 1. The van der Waals surface area contributed by atoms with Crippen molar-refractivity contribution in [3.63, 3.8) is 0 Å². The molecule has 1 aromatic heterocycles. The van der Waals surface area contributed by atoms with E-state index in [2.05, 4.69) is 41.7 Å². The molecule has 1 saturated heterocycles. The number of hydrogen-bond acceptors (Lipinski definition) is 3. The van der Waals surface area contributed by atoms with Gasteiger partial charge in [0.1, 0.15) is 5.57 Å². The second kappa shape index (κ2) is 9.00. The summed E-state index contributed by atoms with van der Waals surface area (Å²) < 4.78 is 3.89. The maximum absolute atomic E-state index is 13.5. The van der Waals surface area contributed by atoms with Gasteiger partial charge in [-0.2, -0.15) is 0 Å². The van der Waals surface area contributed by atoms with Gasteiger partial charge >= 0.3 is 0 Å². The van der Waals surface area contributed by atoms with Crippen molar-refractivity contribution in [1.29, 1.82) is 0 Å². The average Bonchev–Trinajstić information content (AvgIpc) is 2.97. The van der Waals surface area contributed by atoms with Crippen LogP contribution in [-0.4, -0.2) is 21.5 Å². The van der Waals surface area contributed by atoms with Crippen molar-refractivity contribution in [2.45, 2.75) is 27.7 Å². The Bertz CT molecular complexity index is 1360. The number of carbonyl (C=O) groups excluding carboxylic acids is 2. The van der Waals surface area contributed by atoms with Crippen LogP contribution in [0.4, 0.5) is 5.69 Å². The number of rotatable bonds is 3. The van der Waals surface area contributed by atoms with Gasteiger partial charge in [0.25, 0.3) is 11.8 Å². The Hall–Kier alpha value is -2.55. The number of anilines is 1. The molecule has 0 radical (unpaired) electrons. The zero-order valence-corrected chi connectivity index (χ0v) is 22.5. The molecule has 1 fully saturated rings. The lowest BCUT2D eigenvalue weighted by Gasteiger charge is -2.29. The third kappa shape index (κ3) is 4.23. The minimum absolute atomic E-state index is 0.0265. The van der Waals surface area contributed by atoms with Gasteiger partial charge in [0, 0.05) is 31.6 Å². The quantitative estimate of drug-likeness (QED) is 0.230. The van der Waals surface area contributed by atoms with E-state index in [0.29, 0.717) is 5.69 Å². The van der Waals surface area contributed by atoms with E-state index in [1.165, 1.54) is 4.90 Å². The normalized spacial score (nSPS) is 15.4. The van der Waals surface area contributed by atoms with Crippen molar-refractivity contribution in [2.75, 3.05) is 4.90 Å². The van der Waals surface area contributed by atoms with Crippen molar-refractivity contribution in [1.82, 2.24) is 9.88 Å². The molecule has 2 heterocycles. The molecule has 0 atom stereocenters. The summed E-state index contributed by atoms with van der Waals surface area (Å²) in [5.41, 5.74) is 6.41. The highest BCUT2D eigenvalue weighted by atomic mass is 79.9. The Kier molecular flexibility index (Phi) is 6.44. The number of thiocarbonyl (C=S) groups is 1. The molecule has 4 rings (SSSR count). The molecule has 0 saturated carbocycles. The lowest BCUT2D eigenvalue weighted by atomic mass is 10.1. The predicted octanol–water partition coefficient (Wildman–Crippen LogP) is 6.07. The zero-order chi connectivity index (χ0) is 24.0. The summed E-state index contributed by atoms with van der Waals surface area (Å²) in [6.45, 7) is 7.92. The Morgan fingerprint density at radius 3 is 2.15 bits per heavy atom. The first kappa shape index (κ1) is 23.6. The fraction of sp³-hybridized carbons (Fsp3) is 0.160. The SMILES string of the molecule is Cc1ccc(N2C(=O)/C(=C/c3c(Br)c(C)n(-c4ccc(Br)cc4)c3C)C(=O)NC2=S)cc1C. The third-order valence-corrected chi connectivity index (χ3v) is 7.65. The topological polar surface area (TPSA) is 54.3 Å². The molecule has 1 aliphatic rings. The number of aryl methyl sites for hydroxylation is 2. The van der Waals surface area contributed by atoms with Crippen LogP contribution < -0.4 is 10.2 Å². The molecule has 8 heteroatoms. The first-order valence-corrected chi connectivity index (χ1v) is 12.2. The van der Waals surface area contributed by atoms with Gasteiger partial charge in [-0.15, -0.1) is 0 Å². The van der Waals surface area contributed by atoms with Crippen LogP contribution in [0.1, 0.15) is 28.1 Å². The maximum atomic E-state index is 13.5. The molecular formula is C25H21Br2N3O2S. The van der Waals surface area contributed by atoms with Crippen LogP contribution in [0.25, 0.3) is 11.8 Å². The standard InChI is InChI=1S/C25H21Br2N3O2S/c1-13-5-8-19(11-14(13)2)30-24(32)21(23(31)28-25(30)33)12-20-15(3)29(16(4)22(20)27)18-9-6-17(26)7-10-18/h5-12H,1-4H3,(H,28,31,33)/b21-12+. The van der Waals surface area contributed by atoms with E-state index < -0.39 is 11.8 Å². The molecule has 5 nitrogen and oxygen atoms in total. The van der Waals surface area contributed by atoms with E-state index >= 15 is 0 Å². The van der Waals surface area contributed by atoms with Crippen LogP contribution in [0.5, 0.6) is 0 Å². The van der Waals surface area contributed by atoms with E-state index in [9.17, 15) is 9.59 Å². The second-order valence-electron chi connectivity index (χ2n) is 7.94. The van der Waals surface area contributed by atoms with Crippen molar-refractivity contribution >= 4 is 72.8 Å². The summed E-state index contributed by atoms with van der Waals surface area (Å²) in [5, 5.41) is 2.74. The molecular weight excluding hydrogens is 566 g/mol.